The first-order chi connectivity index (χ1) is 15.7. The molecule has 184 valence electrons. The number of nitrogens with zero attached hydrogens (tertiary/aromatic N) is 1. The van der Waals surface area contributed by atoms with Gasteiger partial charge in [-0.25, -0.2) is 13.2 Å². The standard InChI is InChI=1S/C24H35NO7S/c1-24(15-29-16-24)17-30-23(26)25-13-11-21(12-14-25)32-19-5-3-18(4-6-19)31-20-7-9-22(10-8-20)33(2,27)28/h7-10,18-19,21H,3-6,11-17H2,1-2H3. The Kier molecular flexibility index (Phi) is 7.50. The van der Waals surface area contributed by atoms with Crippen molar-refractivity contribution in [3.05, 3.63) is 24.3 Å². The van der Waals surface area contributed by atoms with E-state index in [0.29, 0.717) is 43.6 Å². The first kappa shape index (κ1) is 24.3. The molecule has 1 amide bonds. The molecule has 2 aliphatic heterocycles. The molecule has 0 spiro atoms. The Morgan fingerprint density at radius 1 is 1.00 bits per heavy atom. The molecule has 2 heterocycles. The third-order valence-corrected chi connectivity index (χ3v) is 7.83. The zero-order valence-electron chi connectivity index (χ0n) is 19.5. The summed E-state index contributed by atoms with van der Waals surface area (Å²) < 4.78 is 46.2. The van der Waals surface area contributed by atoms with E-state index in [1.807, 2.05) is 0 Å². The molecule has 0 aromatic heterocycles. The van der Waals surface area contributed by atoms with Gasteiger partial charge in [-0.1, -0.05) is 6.92 Å². The van der Waals surface area contributed by atoms with Crippen LogP contribution in [-0.4, -0.2) is 76.9 Å². The fourth-order valence-electron chi connectivity index (χ4n) is 4.55. The van der Waals surface area contributed by atoms with Gasteiger partial charge >= 0.3 is 6.09 Å². The Morgan fingerprint density at radius 2 is 1.58 bits per heavy atom. The monoisotopic (exact) mass is 481 g/mol. The molecular formula is C24H35NO7S. The number of rotatable bonds is 7. The van der Waals surface area contributed by atoms with Crippen molar-refractivity contribution in [3.8, 4) is 5.75 Å². The molecule has 1 saturated carbocycles. The largest absolute Gasteiger partial charge is 0.490 e. The molecule has 0 unspecified atom stereocenters. The molecule has 1 aliphatic carbocycles. The van der Waals surface area contributed by atoms with Crippen molar-refractivity contribution in [2.24, 2.45) is 5.41 Å². The number of carbonyl (C=O) groups is 1. The van der Waals surface area contributed by atoms with Crippen LogP contribution in [0.3, 0.4) is 0 Å². The summed E-state index contributed by atoms with van der Waals surface area (Å²) in [7, 11) is -3.20. The normalized spacial score (nSPS) is 25.8. The average molecular weight is 482 g/mol. The topological polar surface area (TPSA) is 91.4 Å². The Balaban J connectivity index is 1.13. The van der Waals surface area contributed by atoms with Gasteiger partial charge in [0.05, 0.1) is 36.4 Å². The molecule has 4 rings (SSSR count). The summed E-state index contributed by atoms with van der Waals surface area (Å²) in [6.45, 7) is 5.11. The van der Waals surface area contributed by atoms with E-state index in [9.17, 15) is 13.2 Å². The molecule has 0 bridgehead atoms. The van der Waals surface area contributed by atoms with Crippen LogP contribution in [-0.2, 0) is 24.0 Å². The van der Waals surface area contributed by atoms with Crippen LogP contribution in [0, 0.1) is 5.41 Å². The van der Waals surface area contributed by atoms with Gasteiger partial charge in [0.15, 0.2) is 9.84 Å². The van der Waals surface area contributed by atoms with Crippen LogP contribution >= 0.6 is 0 Å². The summed E-state index contributed by atoms with van der Waals surface area (Å²) in [5.41, 5.74) is -0.0285. The lowest BCUT2D eigenvalue weighted by Gasteiger charge is -2.38. The summed E-state index contributed by atoms with van der Waals surface area (Å²) in [5, 5.41) is 0. The predicted molar refractivity (Wildman–Crippen MR) is 122 cm³/mol. The van der Waals surface area contributed by atoms with Gasteiger partial charge < -0.3 is 23.8 Å². The lowest BCUT2D eigenvalue weighted by atomic mass is 9.90. The van der Waals surface area contributed by atoms with E-state index >= 15 is 0 Å². The van der Waals surface area contributed by atoms with E-state index in [2.05, 4.69) is 6.92 Å². The third-order valence-electron chi connectivity index (χ3n) is 6.71. The van der Waals surface area contributed by atoms with E-state index in [1.165, 1.54) is 6.26 Å². The number of benzene rings is 1. The number of likely N-dealkylation sites (tertiary alicyclic amines) is 1. The zero-order chi connectivity index (χ0) is 23.5. The van der Waals surface area contributed by atoms with E-state index in [4.69, 9.17) is 18.9 Å². The van der Waals surface area contributed by atoms with Crippen molar-refractivity contribution >= 4 is 15.9 Å². The lowest BCUT2D eigenvalue weighted by Crippen LogP contribution is -2.47. The van der Waals surface area contributed by atoms with Crippen molar-refractivity contribution in [3.63, 3.8) is 0 Å². The maximum atomic E-state index is 12.3. The molecule has 8 nitrogen and oxygen atoms in total. The van der Waals surface area contributed by atoms with Gasteiger partial charge in [-0.15, -0.1) is 0 Å². The summed E-state index contributed by atoms with van der Waals surface area (Å²) in [6.07, 6.45) is 6.85. The SMILES string of the molecule is CC1(COC(=O)N2CCC(OC3CCC(Oc4ccc(S(C)(=O)=O)cc4)CC3)CC2)COC1. The quantitative estimate of drug-likeness (QED) is 0.589. The minimum atomic E-state index is -3.20. The van der Waals surface area contributed by atoms with Crippen LogP contribution in [0.4, 0.5) is 4.79 Å². The maximum absolute atomic E-state index is 12.3. The molecule has 0 radical (unpaired) electrons. The molecule has 1 aromatic rings. The molecular weight excluding hydrogens is 446 g/mol. The lowest BCUT2D eigenvalue weighted by molar-refractivity contribution is -0.129. The van der Waals surface area contributed by atoms with Crippen LogP contribution in [0.1, 0.15) is 45.4 Å². The third kappa shape index (κ3) is 6.61. The Labute approximate surface area is 196 Å². The number of ether oxygens (including phenoxy) is 4. The first-order valence-corrected chi connectivity index (χ1v) is 13.7. The van der Waals surface area contributed by atoms with Crippen molar-refractivity contribution in [1.82, 2.24) is 4.90 Å². The average Bonchev–Trinajstić information content (AvgIpc) is 2.78. The van der Waals surface area contributed by atoms with Crippen LogP contribution < -0.4 is 4.74 Å². The fraction of sp³-hybridized carbons (Fsp3) is 0.708. The van der Waals surface area contributed by atoms with Gasteiger partial charge in [0.1, 0.15) is 12.4 Å². The van der Waals surface area contributed by atoms with Crippen LogP contribution in [0.2, 0.25) is 0 Å². The second kappa shape index (κ2) is 10.2. The number of hydrogen-bond acceptors (Lipinski definition) is 7. The van der Waals surface area contributed by atoms with Gasteiger partial charge in [0.25, 0.3) is 0 Å². The van der Waals surface area contributed by atoms with Crippen LogP contribution in [0.25, 0.3) is 0 Å². The Hall–Kier alpha value is -1.84. The van der Waals surface area contributed by atoms with Crippen molar-refractivity contribution in [1.29, 1.82) is 0 Å². The summed E-state index contributed by atoms with van der Waals surface area (Å²) >= 11 is 0. The maximum Gasteiger partial charge on any atom is 0.409 e. The van der Waals surface area contributed by atoms with Gasteiger partial charge in [-0.05, 0) is 62.8 Å². The second-order valence-corrected chi connectivity index (χ2v) is 12.0. The summed E-state index contributed by atoms with van der Waals surface area (Å²) in [5.74, 6) is 0.699. The molecule has 3 aliphatic rings. The highest BCUT2D eigenvalue weighted by Crippen LogP contribution is 2.29. The molecule has 2 saturated heterocycles. The van der Waals surface area contributed by atoms with Crippen LogP contribution in [0.15, 0.2) is 29.2 Å². The number of hydrogen-bond donors (Lipinski definition) is 0. The molecule has 1 aromatic carbocycles. The summed E-state index contributed by atoms with van der Waals surface area (Å²) in [6, 6.07) is 6.61. The number of amides is 1. The second-order valence-electron chi connectivity index (χ2n) is 9.94. The van der Waals surface area contributed by atoms with E-state index in [1.54, 1.807) is 29.2 Å². The van der Waals surface area contributed by atoms with E-state index in [-0.39, 0.29) is 29.8 Å². The highest BCUT2D eigenvalue weighted by molar-refractivity contribution is 7.90. The Bertz CT molecular complexity index is 897. The van der Waals surface area contributed by atoms with Gasteiger partial charge in [0, 0.05) is 24.8 Å². The van der Waals surface area contributed by atoms with E-state index < -0.39 is 9.84 Å². The number of piperidine rings is 1. The molecule has 9 heteroatoms. The predicted octanol–water partition coefficient (Wildman–Crippen LogP) is 3.43. The minimum absolute atomic E-state index is 0.0285. The van der Waals surface area contributed by atoms with Crippen molar-refractivity contribution in [2.75, 3.05) is 39.2 Å². The number of carbonyl (C=O) groups excluding carboxylic acids is 1. The molecule has 3 fully saturated rings. The van der Waals surface area contributed by atoms with Gasteiger partial charge in [-0.2, -0.15) is 0 Å². The van der Waals surface area contributed by atoms with Crippen LogP contribution in [0.5, 0.6) is 5.75 Å². The van der Waals surface area contributed by atoms with Crippen molar-refractivity contribution < 1.29 is 32.2 Å². The van der Waals surface area contributed by atoms with E-state index in [0.717, 1.165) is 38.5 Å². The zero-order valence-corrected chi connectivity index (χ0v) is 20.3. The Morgan fingerprint density at radius 3 is 2.12 bits per heavy atom. The summed E-state index contributed by atoms with van der Waals surface area (Å²) in [4.78, 5) is 14.4. The first-order valence-electron chi connectivity index (χ1n) is 11.8. The molecule has 0 N–H and O–H groups in total. The van der Waals surface area contributed by atoms with Gasteiger partial charge in [0.2, 0.25) is 0 Å². The highest BCUT2D eigenvalue weighted by atomic mass is 32.2. The molecule has 33 heavy (non-hydrogen) atoms. The fourth-order valence-corrected chi connectivity index (χ4v) is 5.18. The van der Waals surface area contributed by atoms with Crippen molar-refractivity contribution in [2.45, 2.75) is 68.7 Å². The number of sulfone groups is 1. The minimum Gasteiger partial charge on any atom is -0.490 e. The highest BCUT2D eigenvalue weighted by Gasteiger charge is 2.36. The van der Waals surface area contributed by atoms with Gasteiger partial charge in [-0.3, -0.25) is 0 Å². The smallest absolute Gasteiger partial charge is 0.409 e. The molecule has 0 atom stereocenters.